The van der Waals surface area contributed by atoms with Crippen LogP contribution in [-0.2, 0) is 47.6 Å². The molecule has 14 heteroatoms. The van der Waals surface area contributed by atoms with Crippen LogP contribution >= 0.6 is 0 Å². The van der Waals surface area contributed by atoms with Crippen LogP contribution in [0.2, 0.25) is 0 Å². The predicted molar refractivity (Wildman–Crippen MR) is 142 cm³/mol. The highest BCUT2D eigenvalue weighted by atomic mass is 16.6. The lowest BCUT2D eigenvalue weighted by Gasteiger charge is -2.66. The number of rotatable bonds is 7. The summed E-state index contributed by atoms with van der Waals surface area (Å²) in [5, 5.41) is 24.1. The quantitative estimate of drug-likeness (QED) is 0.324. The number of esters is 5. The normalized spacial score (nSPS) is 37.3. The molecule has 0 aromatic carbocycles. The Morgan fingerprint density at radius 2 is 1.53 bits per heavy atom. The summed E-state index contributed by atoms with van der Waals surface area (Å²) in [6.45, 7) is 8.11. The molecular formula is C29H37NO13. The van der Waals surface area contributed by atoms with Crippen molar-refractivity contribution in [1.82, 2.24) is 4.98 Å². The minimum absolute atomic E-state index is 0.0528. The van der Waals surface area contributed by atoms with Crippen LogP contribution in [0, 0.1) is 11.3 Å². The summed E-state index contributed by atoms with van der Waals surface area (Å²) in [5.41, 5.74) is -8.05. The number of hydrogen-bond donors (Lipinski definition) is 2. The molecule has 2 bridgehead atoms. The molecule has 4 rings (SSSR count). The van der Waals surface area contributed by atoms with E-state index >= 15 is 0 Å². The molecule has 43 heavy (non-hydrogen) atoms. The third kappa shape index (κ3) is 5.04. The third-order valence-electron chi connectivity index (χ3n) is 8.81. The van der Waals surface area contributed by atoms with Crippen LogP contribution in [0.4, 0.5) is 0 Å². The van der Waals surface area contributed by atoms with Gasteiger partial charge in [-0.1, -0.05) is 0 Å². The Bertz CT molecular complexity index is 1300. The lowest BCUT2D eigenvalue weighted by atomic mass is 9.45. The topological polar surface area (TPSA) is 194 Å². The summed E-state index contributed by atoms with van der Waals surface area (Å²) >= 11 is 0. The molecule has 0 amide bonds. The Hall–Kier alpha value is -3.62. The molecule has 1 spiro atoms. The van der Waals surface area contributed by atoms with Crippen molar-refractivity contribution in [3.05, 3.63) is 30.1 Å². The van der Waals surface area contributed by atoms with E-state index in [0.717, 1.165) is 27.7 Å². The van der Waals surface area contributed by atoms with E-state index in [9.17, 15) is 34.2 Å². The second-order valence-corrected chi connectivity index (χ2v) is 12.0. The lowest BCUT2D eigenvalue weighted by Crippen LogP contribution is -2.87. The summed E-state index contributed by atoms with van der Waals surface area (Å²) in [4.78, 5) is 67.3. The fourth-order valence-corrected chi connectivity index (χ4v) is 7.25. The van der Waals surface area contributed by atoms with E-state index in [-0.39, 0.29) is 12.0 Å². The summed E-state index contributed by atoms with van der Waals surface area (Å²) in [6, 6.07) is 2.97. The van der Waals surface area contributed by atoms with Crippen molar-refractivity contribution in [2.24, 2.45) is 11.3 Å². The number of fused-ring (bicyclic) bond motifs is 1. The molecule has 2 aliphatic carbocycles. The first-order valence-corrected chi connectivity index (χ1v) is 13.8. The maximum Gasteiger partial charge on any atom is 0.340 e. The molecule has 1 aromatic heterocycles. The van der Waals surface area contributed by atoms with E-state index in [2.05, 4.69) is 4.98 Å². The molecule has 1 aromatic rings. The van der Waals surface area contributed by atoms with Crippen molar-refractivity contribution in [3.8, 4) is 0 Å². The average molecular weight is 608 g/mol. The Kier molecular flexibility index (Phi) is 8.37. The first-order valence-electron chi connectivity index (χ1n) is 13.8. The van der Waals surface area contributed by atoms with Crippen molar-refractivity contribution in [2.45, 2.75) is 102 Å². The second kappa shape index (κ2) is 11.1. The molecule has 236 valence electrons. The van der Waals surface area contributed by atoms with Crippen molar-refractivity contribution in [3.63, 3.8) is 0 Å². The molecule has 2 saturated carbocycles. The predicted octanol–water partition coefficient (Wildman–Crippen LogP) is 0.645. The van der Waals surface area contributed by atoms with Crippen LogP contribution < -0.4 is 0 Å². The number of aromatic nitrogens is 1. The highest BCUT2D eigenvalue weighted by Gasteiger charge is 2.88. The van der Waals surface area contributed by atoms with Gasteiger partial charge in [-0.2, -0.15) is 0 Å². The zero-order valence-corrected chi connectivity index (χ0v) is 25.0. The molecule has 5 unspecified atom stereocenters. The molecule has 1 aliphatic heterocycles. The summed E-state index contributed by atoms with van der Waals surface area (Å²) in [7, 11) is 0. The maximum atomic E-state index is 13.5. The van der Waals surface area contributed by atoms with Crippen molar-refractivity contribution in [2.75, 3.05) is 6.61 Å². The van der Waals surface area contributed by atoms with E-state index < -0.39 is 95.1 Å². The standard InChI is InChI=1S/C29H37NO13/c1-14(31)38-13-28-20(42-25(36)18-9-8-10-30-12-18)11-19-23(40-16(3)33)29(28,43-26(19,5)6)27(7,37)22(35)21(39-15(2)32)24(28)41-17(4)34/h8-10,12,19-24,35,37H,11,13H2,1-7H3/t19-,20?,21?,22?,23?,24?,27-,28-,29+/m1/s1. The smallest absolute Gasteiger partial charge is 0.340 e. The van der Waals surface area contributed by atoms with Crippen molar-refractivity contribution in [1.29, 1.82) is 0 Å². The van der Waals surface area contributed by atoms with Gasteiger partial charge in [-0.15, -0.1) is 0 Å². The van der Waals surface area contributed by atoms with E-state index in [0.29, 0.717) is 0 Å². The van der Waals surface area contributed by atoms with Gasteiger partial charge >= 0.3 is 29.8 Å². The lowest BCUT2D eigenvalue weighted by molar-refractivity contribution is -0.378. The van der Waals surface area contributed by atoms with Gasteiger partial charge in [0.05, 0.1) is 11.2 Å². The number of aliphatic hydroxyl groups is 2. The number of ether oxygens (including phenoxy) is 6. The van der Waals surface area contributed by atoms with Crippen molar-refractivity contribution < 1.29 is 62.6 Å². The molecule has 3 aliphatic rings. The molecule has 0 radical (unpaired) electrons. The van der Waals surface area contributed by atoms with Gasteiger partial charge in [-0.25, -0.2) is 4.79 Å². The molecule has 2 N–H and O–H groups in total. The fourth-order valence-electron chi connectivity index (χ4n) is 7.25. The van der Waals surface area contributed by atoms with Gasteiger partial charge in [-0.3, -0.25) is 24.2 Å². The molecule has 3 fully saturated rings. The number of hydrogen-bond acceptors (Lipinski definition) is 14. The maximum absolute atomic E-state index is 13.5. The van der Waals surface area contributed by atoms with E-state index in [1.807, 2.05) is 0 Å². The second-order valence-electron chi connectivity index (χ2n) is 12.0. The van der Waals surface area contributed by atoms with Gasteiger partial charge in [0.1, 0.15) is 35.9 Å². The zero-order chi connectivity index (χ0) is 32.1. The summed E-state index contributed by atoms with van der Waals surface area (Å²) in [5.74, 6) is -5.02. The molecule has 9 atom stereocenters. The molecule has 14 nitrogen and oxygen atoms in total. The Labute approximate surface area is 247 Å². The Balaban J connectivity index is 2.10. The monoisotopic (exact) mass is 607 g/mol. The van der Waals surface area contributed by atoms with Gasteiger partial charge < -0.3 is 38.6 Å². The van der Waals surface area contributed by atoms with Crippen LogP contribution in [0.1, 0.15) is 65.2 Å². The first-order chi connectivity index (χ1) is 19.9. The van der Waals surface area contributed by atoms with Gasteiger partial charge in [0.2, 0.25) is 0 Å². The SMILES string of the molecule is CC(=O)OC[C@]12C(OC(=O)c3cccnc3)C[C@@H]3C(OC(C)=O)[C@]1(OC3(C)C)[C@](C)(O)C(O)C(OC(C)=O)C2OC(C)=O. The van der Waals surface area contributed by atoms with Crippen LogP contribution in [0.5, 0.6) is 0 Å². The van der Waals surface area contributed by atoms with Gasteiger partial charge in [-0.05, 0) is 39.3 Å². The molecule has 1 saturated heterocycles. The minimum atomic E-state index is -2.48. The van der Waals surface area contributed by atoms with Crippen LogP contribution in [-0.4, -0.2) is 99.0 Å². The minimum Gasteiger partial charge on any atom is -0.465 e. The van der Waals surface area contributed by atoms with Crippen LogP contribution in [0.3, 0.4) is 0 Å². The highest BCUT2D eigenvalue weighted by Crippen LogP contribution is 2.69. The van der Waals surface area contributed by atoms with Crippen LogP contribution in [0.25, 0.3) is 0 Å². The van der Waals surface area contributed by atoms with E-state index in [4.69, 9.17) is 28.4 Å². The molecule has 2 heterocycles. The zero-order valence-electron chi connectivity index (χ0n) is 25.0. The van der Waals surface area contributed by atoms with Gasteiger partial charge in [0.15, 0.2) is 17.8 Å². The number of carbonyl (C=O) groups excluding carboxylic acids is 5. The Morgan fingerprint density at radius 1 is 0.930 bits per heavy atom. The van der Waals surface area contributed by atoms with Crippen molar-refractivity contribution >= 4 is 29.8 Å². The summed E-state index contributed by atoms with van der Waals surface area (Å²) in [6.07, 6.45) is -5.70. The highest BCUT2D eigenvalue weighted by molar-refractivity contribution is 5.89. The number of aliphatic hydroxyl groups excluding tert-OH is 1. The van der Waals surface area contributed by atoms with Gasteiger partial charge in [0.25, 0.3) is 0 Å². The number of nitrogens with zero attached hydrogens (tertiary/aromatic N) is 1. The van der Waals surface area contributed by atoms with E-state index in [1.54, 1.807) is 13.8 Å². The average Bonchev–Trinajstić information content (AvgIpc) is 3.06. The summed E-state index contributed by atoms with van der Waals surface area (Å²) < 4.78 is 35.3. The van der Waals surface area contributed by atoms with E-state index in [1.165, 1.54) is 31.5 Å². The van der Waals surface area contributed by atoms with Crippen LogP contribution in [0.15, 0.2) is 24.5 Å². The molecular weight excluding hydrogens is 570 g/mol. The third-order valence-corrected chi connectivity index (χ3v) is 8.81. The Morgan fingerprint density at radius 3 is 2.07 bits per heavy atom. The fraction of sp³-hybridized carbons (Fsp3) is 0.655. The largest absolute Gasteiger partial charge is 0.465 e. The first kappa shape index (κ1) is 32.3. The van der Waals surface area contributed by atoms with Gasteiger partial charge in [0, 0.05) is 46.0 Å². The number of carbonyl (C=O) groups is 5. The number of pyridine rings is 1.